The molecule has 0 aliphatic rings. The van der Waals surface area contributed by atoms with Crippen molar-refractivity contribution >= 4 is 27.8 Å². The maximum Gasteiger partial charge on any atom is 0.152 e. The molecule has 122 valence electrons. The van der Waals surface area contributed by atoms with E-state index in [0.29, 0.717) is 12.4 Å². The number of nitrogen functional groups attached to an aromatic ring is 1. The number of benzene rings is 2. The molecule has 0 radical (unpaired) electrons. The zero-order chi connectivity index (χ0) is 17.2. The van der Waals surface area contributed by atoms with Gasteiger partial charge in [-0.3, -0.25) is 0 Å². The van der Waals surface area contributed by atoms with Gasteiger partial charge in [-0.25, -0.2) is 9.97 Å². The molecule has 0 bridgehead atoms. The van der Waals surface area contributed by atoms with Crippen LogP contribution in [0.4, 0.5) is 5.82 Å². The fraction of sp³-hybridized carbons (Fsp3) is 0.100. The van der Waals surface area contributed by atoms with Gasteiger partial charge in [0, 0.05) is 11.9 Å². The number of nitrogens with two attached hydrogens (primary N) is 1. The Bertz CT molecular complexity index is 1090. The number of para-hydroxylation sites is 1. The highest BCUT2D eigenvalue weighted by molar-refractivity contribution is 6.06. The molecule has 4 rings (SSSR count). The third-order valence-electron chi connectivity index (χ3n) is 4.08. The summed E-state index contributed by atoms with van der Waals surface area (Å²) in [6.45, 7) is 0.948. The van der Waals surface area contributed by atoms with Crippen molar-refractivity contribution in [2.45, 2.75) is 6.54 Å². The average molecular weight is 328 g/mol. The minimum absolute atomic E-state index is 0.268. The number of aromatic nitrogens is 3. The highest BCUT2D eigenvalue weighted by Crippen LogP contribution is 2.27. The lowest BCUT2D eigenvalue weighted by Gasteiger charge is -2.09. The van der Waals surface area contributed by atoms with E-state index in [1.165, 1.54) is 0 Å². The Morgan fingerprint density at radius 1 is 1.12 bits per heavy atom. The number of imidazole rings is 1. The molecule has 0 unspecified atom stereocenters. The Morgan fingerprint density at radius 2 is 1.92 bits per heavy atom. The summed E-state index contributed by atoms with van der Waals surface area (Å²) in [7, 11) is 0. The number of ether oxygens (including phenoxy) is 1. The molecule has 0 saturated carbocycles. The van der Waals surface area contributed by atoms with Gasteiger partial charge < -0.3 is 15.0 Å². The maximum absolute atomic E-state index is 6.08. The Kier molecular flexibility index (Phi) is 3.71. The SMILES string of the molecule is C#CCOc1ccc(Cn2cnc3c(N)nc4ccccc4c32)cc1. The zero-order valence-corrected chi connectivity index (χ0v) is 13.5. The quantitative estimate of drug-likeness (QED) is 0.584. The Morgan fingerprint density at radius 3 is 2.72 bits per heavy atom. The molecule has 0 fully saturated rings. The van der Waals surface area contributed by atoms with E-state index >= 15 is 0 Å². The van der Waals surface area contributed by atoms with E-state index in [4.69, 9.17) is 16.9 Å². The summed E-state index contributed by atoms with van der Waals surface area (Å²) >= 11 is 0. The fourth-order valence-corrected chi connectivity index (χ4v) is 2.94. The summed E-state index contributed by atoms with van der Waals surface area (Å²) in [5.41, 5.74) is 9.80. The van der Waals surface area contributed by atoms with Crippen LogP contribution in [0.25, 0.3) is 21.9 Å². The van der Waals surface area contributed by atoms with Crippen LogP contribution in [0, 0.1) is 12.3 Å². The van der Waals surface area contributed by atoms with Crippen LogP contribution in [-0.4, -0.2) is 21.1 Å². The van der Waals surface area contributed by atoms with Gasteiger partial charge >= 0.3 is 0 Å². The smallest absolute Gasteiger partial charge is 0.152 e. The summed E-state index contributed by atoms with van der Waals surface area (Å²) in [6.07, 6.45) is 7.01. The molecule has 2 aromatic carbocycles. The number of fused-ring (bicyclic) bond motifs is 3. The van der Waals surface area contributed by atoms with Crippen LogP contribution >= 0.6 is 0 Å². The van der Waals surface area contributed by atoms with Crippen LogP contribution in [0.3, 0.4) is 0 Å². The molecule has 5 nitrogen and oxygen atoms in total. The first-order valence-electron chi connectivity index (χ1n) is 7.90. The molecule has 0 aliphatic carbocycles. The van der Waals surface area contributed by atoms with Crippen molar-refractivity contribution in [3.63, 3.8) is 0 Å². The minimum Gasteiger partial charge on any atom is -0.481 e. The third kappa shape index (κ3) is 2.74. The van der Waals surface area contributed by atoms with Gasteiger partial charge in [-0.2, -0.15) is 0 Å². The molecular weight excluding hydrogens is 312 g/mol. The molecule has 2 aromatic heterocycles. The van der Waals surface area contributed by atoms with E-state index in [1.54, 1.807) is 6.33 Å². The van der Waals surface area contributed by atoms with Crippen molar-refractivity contribution < 1.29 is 4.74 Å². The second-order valence-corrected chi connectivity index (χ2v) is 5.72. The van der Waals surface area contributed by atoms with Crippen molar-refractivity contribution in [1.29, 1.82) is 0 Å². The average Bonchev–Trinajstić information content (AvgIpc) is 3.06. The molecule has 2 heterocycles. The summed E-state index contributed by atoms with van der Waals surface area (Å²) in [4.78, 5) is 8.88. The lowest BCUT2D eigenvalue weighted by Crippen LogP contribution is -2.00. The lowest BCUT2D eigenvalue weighted by atomic mass is 10.1. The predicted molar refractivity (Wildman–Crippen MR) is 99.3 cm³/mol. The summed E-state index contributed by atoms with van der Waals surface area (Å²) in [5.74, 6) is 3.67. The Balaban J connectivity index is 1.74. The van der Waals surface area contributed by atoms with Gasteiger partial charge in [0.15, 0.2) is 5.82 Å². The van der Waals surface area contributed by atoms with Crippen LogP contribution in [0.1, 0.15) is 5.56 Å². The van der Waals surface area contributed by atoms with Crippen molar-refractivity contribution in [3.8, 4) is 18.1 Å². The van der Waals surface area contributed by atoms with Crippen LogP contribution in [-0.2, 0) is 6.54 Å². The standard InChI is InChI=1S/C20H16N4O/c1-2-11-25-15-9-7-14(8-10-15)12-24-13-22-18-19(24)16-5-3-4-6-17(16)23-20(18)21/h1,3-10,13H,11-12H2,(H2,21,23). The van der Waals surface area contributed by atoms with E-state index in [1.807, 2.05) is 48.5 Å². The lowest BCUT2D eigenvalue weighted by molar-refractivity contribution is 0.370. The topological polar surface area (TPSA) is 66.0 Å². The monoisotopic (exact) mass is 328 g/mol. The number of hydrogen-bond acceptors (Lipinski definition) is 4. The van der Waals surface area contributed by atoms with E-state index in [9.17, 15) is 0 Å². The highest BCUT2D eigenvalue weighted by Gasteiger charge is 2.12. The molecule has 0 atom stereocenters. The number of hydrogen-bond donors (Lipinski definition) is 1. The van der Waals surface area contributed by atoms with E-state index in [0.717, 1.165) is 33.2 Å². The molecule has 0 saturated heterocycles. The number of rotatable bonds is 4. The fourth-order valence-electron chi connectivity index (χ4n) is 2.94. The number of nitrogens with zero attached hydrogens (tertiary/aromatic N) is 3. The van der Waals surface area contributed by atoms with Crippen LogP contribution in [0.15, 0.2) is 54.9 Å². The van der Waals surface area contributed by atoms with Gasteiger partial charge in [-0.05, 0) is 23.8 Å². The number of pyridine rings is 1. The third-order valence-corrected chi connectivity index (χ3v) is 4.08. The van der Waals surface area contributed by atoms with Gasteiger partial charge in [0.05, 0.1) is 17.4 Å². The molecule has 0 aliphatic heterocycles. The minimum atomic E-state index is 0.268. The maximum atomic E-state index is 6.08. The first kappa shape index (κ1) is 15.0. The van der Waals surface area contributed by atoms with Crippen molar-refractivity contribution in [2.24, 2.45) is 0 Å². The molecule has 0 spiro atoms. The van der Waals surface area contributed by atoms with Crippen molar-refractivity contribution in [1.82, 2.24) is 14.5 Å². The van der Waals surface area contributed by atoms with E-state index in [-0.39, 0.29) is 6.61 Å². The highest BCUT2D eigenvalue weighted by atomic mass is 16.5. The van der Waals surface area contributed by atoms with Crippen molar-refractivity contribution in [2.75, 3.05) is 12.3 Å². The Hall–Kier alpha value is -3.52. The van der Waals surface area contributed by atoms with E-state index < -0.39 is 0 Å². The zero-order valence-electron chi connectivity index (χ0n) is 13.5. The summed E-state index contributed by atoms with van der Waals surface area (Å²) < 4.78 is 7.50. The normalized spacial score (nSPS) is 10.8. The van der Waals surface area contributed by atoms with Crippen LogP contribution in [0.2, 0.25) is 0 Å². The first-order valence-corrected chi connectivity index (χ1v) is 7.90. The molecular formula is C20H16N4O. The van der Waals surface area contributed by atoms with Gasteiger partial charge in [0.25, 0.3) is 0 Å². The van der Waals surface area contributed by atoms with Crippen LogP contribution < -0.4 is 10.5 Å². The number of terminal acetylenes is 1. The van der Waals surface area contributed by atoms with Gasteiger partial charge in [-0.1, -0.05) is 36.3 Å². The predicted octanol–water partition coefficient (Wildman–Crippen LogP) is 3.23. The first-order chi connectivity index (χ1) is 12.3. The van der Waals surface area contributed by atoms with Crippen LogP contribution in [0.5, 0.6) is 5.75 Å². The van der Waals surface area contributed by atoms with Gasteiger partial charge in [-0.15, -0.1) is 6.42 Å². The van der Waals surface area contributed by atoms with E-state index in [2.05, 4.69) is 20.5 Å². The Labute approximate surface area is 145 Å². The molecule has 25 heavy (non-hydrogen) atoms. The number of anilines is 1. The molecule has 2 N–H and O–H groups in total. The molecule has 5 heteroatoms. The second-order valence-electron chi connectivity index (χ2n) is 5.72. The second kappa shape index (κ2) is 6.17. The summed E-state index contributed by atoms with van der Waals surface area (Å²) in [5, 5.41) is 1.04. The molecule has 4 aromatic rings. The van der Waals surface area contributed by atoms with Gasteiger partial charge in [0.2, 0.25) is 0 Å². The summed E-state index contributed by atoms with van der Waals surface area (Å²) in [6, 6.07) is 15.8. The largest absolute Gasteiger partial charge is 0.481 e. The van der Waals surface area contributed by atoms with Gasteiger partial charge in [0.1, 0.15) is 17.9 Å². The van der Waals surface area contributed by atoms with Crippen molar-refractivity contribution in [3.05, 3.63) is 60.4 Å². The molecule has 0 amide bonds.